The van der Waals surface area contributed by atoms with Gasteiger partial charge in [-0.05, 0) is 25.3 Å². The Morgan fingerprint density at radius 2 is 2.36 bits per heavy atom. The van der Waals surface area contributed by atoms with Crippen molar-refractivity contribution in [2.45, 2.75) is 58.7 Å². The summed E-state index contributed by atoms with van der Waals surface area (Å²) in [7, 11) is 0. The zero-order valence-corrected chi connectivity index (χ0v) is 13.1. The van der Waals surface area contributed by atoms with Crippen LogP contribution in [0.1, 0.15) is 49.4 Å². The predicted octanol–water partition coefficient (Wildman–Crippen LogP) is 1.39. The number of nitrogens with one attached hydrogen (secondary N) is 1. The zero-order chi connectivity index (χ0) is 15.5. The second kappa shape index (κ2) is 6.29. The van der Waals surface area contributed by atoms with Gasteiger partial charge in [0.1, 0.15) is 5.82 Å². The van der Waals surface area contributed by atoms with Crippen LogP contribution >= 0.6 is 0 Å². The number of carbonyl (C=O) groups excluding carboxylic acids is 1. The highest BCUT2D eigenvalue weighted by molar-refractivity contribution is 5.76. The second-order valence-corrected chi connectivity index (χ2v) is 5.76. The van der Waals surface area contributed by atoms with Crippen molar-refractivity contribution >= 4 is 5.91 Å². The van der Waals surface area contributed by atoms with E-state index < -0.39 is 0 Å². The molecule has 7 nitrogen and oxygen atoms in total. The minimum atomic E-state index is -0.0200. The molecule has 0 spiro atoms. The Morgan fingerprint density at radius 3 is 3.09 bits per heavy atom. The Morgan fingerprint density at radius 1 is 1.50 bits per heavy atom. The molecule has 7 heteroatoms. The molecule has 0 aromatic carbocycles. The van der Waals surface area contributed by atoms with E-state index in [1.165, 1.54) is 0 Å². The van der Waals surface area contributed by atoms with E-state index in [0.717, 1.165) is 43.0 Å². The van der Waals surface area contributed by atoms with Gasteiger partial charge in [-0.1, -0.05) is 6.92 Å². The molecule has 1 aliphatic rings. The summed E-state index contributed by atoms with van der Waals surface area (Å²) < 4.78 is 3.73. The van der Waals surface area contributed by atoms with Crippen LogP contribution < -0.4 is 5.32 Å². The largest absolute Gasteiger partial charge is 0.346 e. The summed E-state index contributed by atoms with van der Waals surface area (Å²) in [4.78, 5) is 16.7. The molecule has 1 atom stereocenters. The first-order valence-corrected chi connectivity index (χ1v) is 7.87. The van der Waals surface area contributed by atoms with Crippen LogP contribution in [0.15, 0.2) is 12.4 Å². The molecule has 2 aromatic rings. The molecular formula is C15H22N6O. The maximum absolute atomic E-state index is 12.2. The quantitative estimate of drug-likeness (QED) is 0.905. The number of rotatable bonds is 5. The fourth-order valence-electron chi connectivity index (χ4n) is 2.76. The molecule has 2 aromatic heterocycles. The molecule has 3 heterocycles. The number of carbonyl (C=O) groups is 1. The number of aryl methyl sites for hydroxylation is 4. The summed E-state index contributed by atoms with van der Waals surface area (Å²) in [5.74, 6) is 1.78. The van der Waals surface area contributed by atoms with E-state index in [-0.39, 0.29) is 11.9 Å². The van der Waals surface area contributed by atoms with Gasteiger partial charge < -0.3 is 5.32 Å². The molecule has 0 radical (unpaired) electrons. The number of hydrogen-bond acceptors (Lipinski definition) is 4. The van der Waals surface area contributed by atoms with Crippen LogP contribution in [0, 0.1) is 6.92 Å². The van der Waals surface area contributed by atoms with Crippen molar-refractivity contribution in [3.63, 3.8) is 0 Å². The Labute approximate surface area is 129 Å². The molecule has 1 aliphatic heterocycles. The molecule has 0 bridgehead atoms. The molecule has 0 aliphatic carbocycles. The standard InChI is InChI=1S/C15H22N6O/c1-3-13-18-15-12(5-4-7-21(15)19-13)17-14(22)6-8-20-10-11(2)9-16-20/h9-10,12H,3-8H2,1-2H3,(H,17,22). The molecule has 0 saturated carbocycles. The van der Waals surface area contributed by atoms with Crippen LogP contribution in [0.3, 0.4) is 0 Å². The van der Waals surface area contributed by atoms with Crippen LogP contribution in [0.25, 0.3) is 0 Å². The van der Waals surface area contributed by atoms with Crippen LogP contribution in [0.5, 0.6) is 0 Å². The molecular weight excluding hydrogens is 280 g/mol. The summed E-state index contributed by atoms with van der Waals surface area (Å²) in [6, 6.07) is -0.0200. The van der Waals surface area contributed by atoms with E-state index in [0.29, 0.717) is 13.0 Å². The van der Waals surface area contributed by atoms with E-state index in [2.05, 4.69) is 20.5 Å². The number of hydrogen-bond donors (Lipinski definition) is 1. The maximum atomic E-state index is 12.2. The average molecular weight is 302 g/mol. The average Bonchev–Trinajstić information content (AvgIpc) is 3.11. The van der Waals surface area contributed by atoms with Gasteiger partial charge in [0.2, 0.25) is 5.91 Å². The molecule has 118 valence electrons. The van der Waals surface area contributed by atoms with E-state index >= 15 is 0 Å². The number of aromatic nitrogens is 5. The smallest absolute Gasteiger partial charge is 0.222 e. The summed E-state index contributed by atoms with van der Waals surface area (Å²) in [5.41, 5.74) is 1.10. The third-order valence-electron chi connectivity index (χ3n) is 3.90. The lowest BCUT2D eigenvalue weighted by Crippen LogP contribution is -2.33. The molecule has 0 fully saturated rings. The summed E-state index contributed by atoms with van der Waals surface area (Å²) in [6.45, 7) is 5.52. The molecule has 22 heavy (non-hydrogen) atoms. The third kappa shape index (κ3) is 3.18. The van der Waals surface area contributed by atoms with Gasteiger partial charge in [0.15, 0.2) is 5.82 Å². The molecule has 1 N–H and O–H groups in total. The van der Waals surface area contributed by atoms with E-state index in [1.807, 2.05) is 24.7 Å². The van der Waals surface area contributed by atoms with Crippen molar-refractivity contribution in [3.05, 3.63) is 29.6 Å². The van der Waals surface area contributed by atoms with Gasteiger partial charge in [0, 0.05) is 32.1 Å². The zero-order valence-electron chi connectivity index (χ0n) is 13.1. The SMILES string of the molecule is CCc1nc2n(n1)CCCC2NC(=O)CCn1cc(C)cn1. The van der Waals surface area contributed by atoms with Crippen LogP contribution in [-0.2, 0) is 24.3 Å². The molecule has 1 amide bonds. The lowest BCUT2D eigenvalue weighted by atomic mass is 10.1. The second-order valence-electron chi connectivity index (χ2n) is 5.76. The Hall–Kier alpha value is -2.18. The highest BCUT2D eigenvalue weighted by atomic mass is 16.1. The lowest BCUT2D eigenvalue weighted by molar-refractivity contribution is -0.122. The van der Waals surface area contributed by atoms with Gasteiger partial charge in [-0.3, -0.25) is 9.48 Å². The van der Waals surface area contributed by atoms with Crippen molar-refractivity contribution in [1.82, 2.24) is 29.9 Å². The topological polar surface area (TPSA) is 77.6 Å². The number of fused-ring (bicyclic) bond motifs is 1. The van der Waals surface area contributed by atoms with Gasteiger partial charge in [-0.25, -0.2) is 9.67 Å². The fraction of sp³-hybridized carbons (Fsp3) is 0.600. The summed E-state index contributed by atoms with van der Waals surface area (Å²) >= 11 is 0. The van der Waals surface area contributed by atoms with Crippen LogP contribution in [-0.4, -0.2) is 30.5 Å². The first kappa shape index (κ1) is 14.7. The van der Waals surface area contributed by atoms with Crippen molar-refractivity contribution in [3.8, 4) is 0 Å². The van der Waals surface area contributed by atoms with E-state index in [4.69, 9.17) is 0 Å². The Bertz CT molecular complexity index is 659. The Kier molecular flexibility index (Phi) is 4.22. The third-order valence-corrected chi connectivity index (χ3v) is 3.90. The van der Waals surface area contributed by atoms with E-state index in [1.54, 1.807) is 10.9 Å². The van der Waals surface area contributed by atoms with Crippen molar-refractivity contribution < 1.29 is 4.79 Å². The lowest BCUT2D eigenvalue weighted by Gasteiger charge is -2.23. The van der Waals surface area contributed by atoms with Crippen LogP contribution in [0.2, 0.25) is 0 Å². The number of amides is 1. The number of nitrogens with zero attached hydrogens (tertiary/aromatic N) is 5. The first-order chi connectivity index (χ1) is 10.7. The van der Waals surface area contributed by atoms with Gasteiger partial charge >= 0.3 is 0 Å². The predicted molar refractivity (Wildman–Crippen MR) is 81.1 cm³/mol. The maximum Gasteiger partial charge on any atom is 0.222 e. The van der Waals surface area contributed by atoms with Crippen LogP contribution in [0.4, 0.5) is 0 Å². The minimum absolute atomic E-state index is 0.0200. The van der Waals surface area contributed by atoms with Crippen molar-refractivity contribution in [2.24, 2.45) is 0 Å². The van der Waals surface area contributed by atoms with E-state index in [9.17, 15) is 4.79 Å². The van der Waals surface area contributed by atoms with Crippen molar-refractivity contribution in [1.29, 1.82) is 0 Å². The summed E-state index contributed by atoms with van der Waals surface area (Å²) in [6.07, 6.45) is 6.93. The Balaban J connectivity index is 1.59. The van der Waals surface area contributed by atoms with Gasteiger partial charge in [-0.15, -0.1) is 0 Å². The first-order valence-electron chi connectivity index (χ1n) is 7.87. The van der Waals surface area contributed by atoms with Gasteiger partial charge in [0.05, 0.1) is 12.2 Å². The fourth-order valence-corrected chi connectivity index (χ4v) is 2.76. The molecule has 3 rings (SSSR count). The van der Waals surface area contributed by atoms with Gasteiger partial charge in [-0.2, -0.15) is 10.2 Å². The highest BCUT2D eigenvalue weighted by Crippen LogP contribution is 2.23. The minimum Gasteiger partial charge on any atom is -0.346 e. The van der Waals surface area contributed by atoms with Gasteiger partial charge in [0.25, 0.3) is 0 Å². The van der Waals surface area contributed by atoms with Crippen molar-refractivity contribution in [2.75, 3.05) is 0 Å². The normalized spacial score (nSPS) is 17.3. The molecule has 1 unspecified atom stereocenters. The highest BCUT2D eigenvalue weighted by Gasteiger charge is 2.25. The molecule has 0 saturated heterocycles. The monoisotopic (exact) mass is 302 g/mol. The summed E-state index contributed by atoms with van der Waals surface area (Å²) in [5, 5.41) is 11.7.